The fraction of sp³-hybridized carbons (Fsp3) is 0.0154. The summed E-state index contributed by atoms with van der Waals surface area (Å²) >= 11 is 0. The highest BCUT2D eigenvalue weighted by atomic mass is 15.1. The van der Waals surface area contributed by atoms with Gasteiger partial charge in [-0.3, -0.25) is 0 Å². The zero-order valence-electron chi connectivity index (χ0n) is 36.8. The first kappa shape index (κ1) is 38.7. The van der Waals surface area contributed by atoms with Crippen molar-refractivity contribution in [3.05, 3.63) is 289 Å². The summed E-state index contributed by atoms with van der Waals surface area (Å²) in [5, 5.41) is 4.90. The molecule has 0 N–H and O–H groups in total. The molecule has 314 valence electrons. The second kappa shape index (κ2) is 15.8. The number of rotatable bonds is 8. The van der Waals surface area contributed by atoms with Gasteiger partial charge in [0.1, 0.15) is 0 Å². The van der Waals surface area contributed by atoms with E-state index in [1.165, 1.54) is 82.6 Å². The van der Waals surface area contributed by atoms with Gasteiger partial charge in [-0.15, -0.1) is 0 Å². The van der Waals surface area contributed by atoms with Crippen molar-refractivity contribution >= 4 is 49.6 Å². The van der Waals surface area contributed by atoms with Gasteiger partial charge >= 0.3 is 0 Å². The maximum atomic E-state index is 2.48. The van der Waals surface area contributed by atoms with Crippen LogP contribution in [0.15, 0.2) is 267 Å². The Morgan fingerprint density at radius 2 is 0.866 bits per heavy atom. The van der Waals surface area contributed by atoms with Gasteiger partial charge in [0.2, 0.25) is 0 Å². The highest BCUT2D eigenvalue weighted by molar-refractivity contribution is 6.11. The third kappa shape index (κ3) is 6.11. The van der Waals surface area contributed by atoms with Crippen molar-refractivity contribution in [2.24, 2.45) is 0 Å². The van der Waals surface area contributed by atoms with Crippen LogP contribution in [0.5, 0.6) is 0 Å². The molecule has 0 radical (unpaired) electrons. The predicted molar refractivity (Wildman–Crippen MR) is 281 cm³/mol. The van der Waals surface area contributed by atoms with Crippen LogP contribution in [0.1, 0.15) is 22.3 Å². The third-order valence-corrected chi connectivity index (χ3v) is 14.0. The SMILES string of the molecule is c1ccc(N(c2cccc(-c3ccccc3-c3ccc4c5ccccc5n(-c5ccc6c(c5)-c5ccccc5C6(c5ccccc5)c5ccccc5)c4c3)c2)c2cccc3ccccc23)cc1. The minimum absolute atomic E-state index is 0.449. The lowest BCUT2D eigenvalue weighted by atomic mass is 9.68. The number of nitrogens with zero attached hydrogens (tertiary/aromatic N) is 2. The maximum Gasteiger partial charge on any atom is 0.0713 e. The van der Waals surface area contributed by atoms with E-state index in [9.17, 15) is 0 Å². The molecule has 0 aliphatic heterocycles. The van der Waals surface area contributed by atoms with Gasteiger partial charge in [0.15, 0.2) is 0 Å². The van der Waals surface area contributed by atoms with Crippen molar-refractivity contribution in [3.8, 4) is 39.1 Å². The molecule has 0 spiro atoms. The molecule has 1 heterocycles. The highest BCUT2D eigenvalue weighted by Gasteiger charge is 2.46. The number of aromatic nitrogens is 1. The second-order valence-corrected chi connectivity index (χ2v) is 17.6. The second-order valence-electron chi connectivity index (χ2n) is 17.6. The van der Waals surface area contributed by atoms with Crippen LogP contribution in [-0.2, 0) is 5.41 Å². The molecule has 13 rings (SSSR count). The summed E-state index contributed by atoms with van der Waals surface area (Å²) < 4.78 is 2.48. The molecule has 2 heteroatoms. The molecule has 0 amide bonds. The van der Waals surface area contributed by atoms with Crippen LogP contribution in [0.3, 0.4) is 0 Å². The molecule has 12 aromatic rings. The van der Waals surface area contributed by atoms with E-state index in [1.807, 2.05) is 0 Å². The number of benzene rings is 11. The lowest BCUT2D eigenvalue weighted by Gasteiger charge is -2.33. The van der Waals surface area contributed by atoms with Crippen LogP contribution in [0.2, 0.25) is 0 Å². The lowest BCUT2D eigenvalue weighted by Crippen LogP contribution is -2.28. The number of fused-ring (bicyclic) bond motifs is 7. The molecule has 0 atom stereocenters. The number of hydrogen-bond acceptors (Lipinski definition) is 1. The summed E-state index contributed by atoms with van der Waals surface area (Å²) in [5.74, 6) is 0. The largest absolute Gasteiger partial charge is 0.310 e. The summed E-state index contributed by atoms with van der Waals surface area (Å²) in [7, 11) is 0. The minimum Gasteiger partial charge on any atom is -0.310 e. The Bertz CT molecular complexity index is 3770. The minimum atomic E-state index is -0.449. The van der Waals surface area contributed by atoms with Crippen molar-refractivity contribution in [1.29, 1.82) is 0 Å². The monoisotopic (exact) mass is 852 g/mol. The molecule has 1 aliphatic carbocycles. The van der Waals surface area contributed by atoms with Crippen molar-refractivity contribution in [2.75, 3.05) is 4.90 Å². The van der Waals surface area contributed by atoms with Crippen molar-refractivity contribution in [2.45, 2.75) is 5.41 Å². The fourth-order valence-corrected chi connectivity index (χ4v) is 11.2. The summed E-state index contributed by atoms with van der Waals surface area (Å²) in [6.07, 6.45) is 0. The van der Waals surface area contributed by atoms with E-state index < -0.39 is 5.41 Å². The quantitative estimate of drug-likeness (QED) is 0.148. The molecule has 11 aromatic carbocycles. The molecule has 1 aromatic heterocycles. The molecule has 0 saturated carbocycles. The zero-order chi connectivity index (χ0) is 44.3. The van der Waals surface area contributed by atoms with E-state index in [1.54, 1.807) is 0 Å². The fourth-order valence-electron chi connectivity index (χ4n) is 11.2. The first-order chi connectivity index (χ1) is 33.3. The molecular formula is C65H44N2. The van der Waals surface area contributed by atoms with Gasteiger partial charge < -0.3 is 9.47 Å². The van der Waals surface area contributed by atoms with E-state index in [0.717, 1.165) is 28.3 Å². The van der Waals surface area contributed by atoms with Crippen LogP contribution < -0.4 is 4.90 Å². The molecule has 0 bridgehead atoms. The standard InChI is InChI=1S/C65H44N2/c1-4-23-48(24-5-1)65(49-25-6-2-7-26-49)60-35-16-14-33-56(60)59-44-52(39-41-61(59)65)67-63-36-17-15-34-57(63)58-40-38-47(43-64(58)67)54-31-13-12-30-53(54)46-22-18-29-51(42-46)66(50-27-8-3-9-28-50)62-37-19-21-45-20-10-11-32-55(45)62/h1-44H. The summed E-state index contributed by atoms with van der Waals surface area (Å²) in [6, 6.07) is 98.0. The Balaban J connectivity index is 0.974. The normalized spacial score (nSPS) is 12.6. The summed E-state index contributed by atoms with van der Waals surface area (Å²) in [5.41, 5.74) is 18.8. The maximum absolute atomic E-state index is 2.48. The zero-order valence-corrected chi connectivity index (χ0v) is 36.8. The van der Waals surface area contributed by atoms with Gasteiger partial charge in [0.05, 0.1) is 22.1 Å². The van der Waals surface area contributed by atoms with Gasteiger partial charge in [0.25, 0.3) is 0 Å². The van der Waals surface area contributed by atoms with E-state index in [-0.39, 0.29) is 0 Å². The first-order valence-corrected chi connectivity index (χ1v) is 23.2. The average Bonchev–Trinajstić information content (AvgIpc) is 3.90. The molecule has 67 heavy (non-hydrogen) atoms. The Labute approximate surface area is 390 Å². The van der Waals surface area contributed by atoms with Gasteiger partial charge in [0, 0.05) is 33.2 Å². The predicted octanol–water partition coefficient (Wildman–Crippen LogP) is 17.1. The Morgan fingerprint density at radius 3 is 1.63 bits per heavy atom. The van der Waals surface area contributed by atoms with Crippen LogP contribution in [0.4, 0.5) is 17.1 Å². The summed E-state index contributed by atoms with van der Waals surface area (Å²) in [4.78, 5) is 2.39. The van der Waals surface area contributed by atoms with E-state index in [2.05, 4.69) is 276 Å². The Kier molecular flexibility index (Phi) is 9.11. The lowest BCUT2D eigenvalue weighted by molar-refractivity contribution is 0.768. The van der Waals surface area contributed by atoms with Gasteiger partial charge in [-0.2, -0.15) is 0 Å². The van der Waals surface area contributed by atoms with Gasteiger partial charge in [-0.1, -0.05) is 212 Å². The molecule has 0 unspecified atom stereocenters. The third-order valence-electron chi connectivity index (χ3n) is 14.0. The van der Waals surface area contributed by atoms with E-state index >= 15 is 0 Å². The van der Waals surface area contributed by atoms with Crippen LogP contribution >= 0.6 is 0 Å². The van der Waals surface area contributed by atoms with Crippen LogP contribution in [0, 0.1) is 0 Å². The number of hydrogen-bond donors (Lipinski definition) is 0. The molecular weight excluding hydrogens is 809 g/mol. The van der Waals surface area contributed by atoms with Gasteiger partial charge in [-0.05, 0) is 116 Å². The van der Waals surface area contributed by atoms with Crippen molar-refractivity contribution in [1.82, 2.24) is 4.57 Å². The number of para-hydroxylation sites is 2. The highest BCUT2D eigenvalue weighted by Crippen LogP contribution is 2.56. The molecule has 2 nitrogen and oxygen atoms in total. The Hall–Kier alpha value is -8.72. The molecule has 0 saturated heterocycles. The molecule has 1 aliphatic rings. The Morgan fingerprint density at radius 1 is 0.313 bits per heavy atom. The van der Waals surface area contributed by atoms with Gasteiger partial charge in [-0.25, -0.2) is 0 Å². The first-order valence-electron chi connectivity index (χ1n) is 23.2. The van der Waals surface area contributed by atoms with Crippen molar-refractivity contribution < 1.29 is 0 Å². The number of anilines is 3. The van der Waals surface area contributed by atoms with Crippen LogP contribution in [-0.4, -0.2) is 4.57 Å². The summed E-state index contributed by atoms with van der Waals surface area (Å²) in [6.45, 7) is 0. The smallest absolute Gasteiger partial charge is 0.0713 e. The van der Waals surface area contributed by atoms with Crippen LogP contribution in [0.25, 0.3) is 71.6 Å². The van der Waals surface area contributed by atoms with Crippen molar-refractivity contribution in [3.63, 3.8) is 0 Å². The molecule has 0 fully saturated rings. The van der Waals surface area contributed by atoms with E-state index in [0.29, 0.717) is 0 Å². The van der Waals surface area contributed by atoms with E-state index in [4.69, 9.17) is 0 Å². The topological polar surface area (TPSA) is 8.17 Å². The average molecular weight is 853 g/mol.